The number of Topliss-reactive ketones (excluding diaryl/α,β-unsaturated/α-hetero) is 1. The van der Waals surface area contributed by atoms with Gasteiger partial charge in [0.2, 0.25) is 0 Å². The lowest BCUT2D eigenvalue weighted by molar-refractivity contribution is 0.102. The van der Waals surface area contributed by atoms with E-state index < -0.39 is 0 Å². The molecule has 2 heteroatoms. The number of rotatable bonds is 2. The van der Waals surface area contributed by atoms with E-state index in [4.69, 9.17) is 0 Å². The Kier molecular flexibility index (Phi) is 4.29. The number of ketones is 1. The quantitative estimate of drug-likeness (QED) is 0.523. The maximum atomic E-state index is 13.2. The molecule has 0 N–H and O–H groups in total. The molecule has 0 amide bonds. The molecule has 1 heterocycles. The molecule has 0 aliphatic carbocycles. The molecule has 3 aromatic carbocycles. The minimum absolute atomic E-state index is 0.0184. The standard InChI is InChI=1S/C23H18OS/c1-16-11-13-17(14-12-16)15-20-22(24)19-9-5-6-10-21(19)25-23(20)18-7-3-2-4-8-18/h2-15,23H,1H3/b20-15+. The molecule has 1 atom stereocenters. The lowest BCUT2D eigenvalue weighted by atomic mass is 9.93. The zero-order valence-electron chi connectivity index (χ0n) is 14.0. The van der Waals surface area contributed by atoms with Crippen molar-refractivity contribution in [2.24, 2.45) is 0 Å². The Hall–Kier alpha value is -2.58. The van der Waals surface area contributed by atoms with Crippen LogP contribution in [0.1, 0.15) is 32.3 Å². The van der Waals surface area contributed by atoms with Gasteiger partial charge in [-0.05, 0) is 36.3 Å². The summed E-state index contributed by atoms with van der Waals surface area (Å²) < 4.78 is 0. The van der Waals surface area contributed by atoms with Crippen LogP contribution in [0.15, 0.2) is 89.3 Å². The summed E-state index contributed by atoms with van der Waals surface area (Å²) >= 11 is 1.76. The van der Waals surface area contributed by atoms with Gasteiger partial charge in [-0.3, -0.25) is 4.79 Å². The highest BCUT2D eigenvalue weighted by molar-refractivity contribution is 8.00. The zero-order valence-corrected chi connectivity index (χ0v) is 14.8. The molecule has 1 unspecified atom stereocenters. The van der Waals surface area contributed by atoms with E-state index in [0.717, 1.165) is 27.2 Å². The van der Waals surface area contributed by atoms with E-state index in [0.29, 0.717) is 0 Å². The highest BCUT2D eigenvalue weighted by Gasteiger charge is 2.31. The largest absolute Gasteiger partial charge is 0.289 e. The van der Waals surface area contributed by atoms with Crippen LogP contribution in [0.3, 0.4) is 0 Å². The van der Waals surface area contributed by atoms with Gasteiger partial charge >= 0.3 is 0 Å². The lowest BCUT2D eigenvalue weighted by Crippen LogP contribution is -2.16. The van der Waals surface area contributed by atoms with Crippen LogP contribution in [0, 0.1) is 6.92 Å². The second kappa shape index (κ2) is 6.73. The maximum Gasteiger partial charge on any atom is 0.191 e. The molecule has 0 spiro atoms. The van der Waals surface area contributed by atoms with Gasteiger partial charge in [0.05, 0.1) is 5.25 Å². The predicted octanol–water partition coefficient (Wildman–Crippen LogP) is 6.11. The fourth-order valence-electron chi connectivity index (χ4n) is 3.08. The number of carbonyl (C=O) groups is 1. The number of thioether (sulfide) groups is 1. The van der Waals surface area contributed by atoms with Crippen LogP contribution in [0.2, 0.25) is 0 Å². The third-order valence-electron chi connectivity index (χ3n) is 4.42. The number of hydrogen-bond acceptors (Lipinski definition) is 2. The summed E-state index contributed by atoms with van der Waals surface area (Å²) in [6, 6.07) is 26.5. The summed E-state index contributed by atoms with van der Waals surface area (Å²) in [4.78, 5) is 14.2. The second-order valence-corrected chi connectivity index (χ2v) is 7.39. The van der Waals surface area contributed by atoms with Crippen molar-refractivity contribution >= 4 is 23.6 Å². The van der Waals surface area contributed by atoms with Gasteiger partial charge in [0.25, 0.3) is 0 Å². The molecule has 1 aliphatic rings. The number of benzene rings is 3. The Bertz CT molecular complexity index is 939. The van der Waals surface area contributed by atoms with Crippen LogP contribution in [0.25, 0.3) is 6.08 Å². The van der Waals surface area contributed by atoms with Crippen LogP contribution < -0.4 is 0 Å². The number of fused-ring (bicyclic) bond motifs is 1. The molecule has 0 radical (unpaired) electrons. The number of carbonyl (C=O) groups excluding carboxylic acids is 1. The zero-order chi connectivity index (χ0) is 17.2. The summed E-state index contributed by atoms with van der Waals surface area (Å²) in [7, 11) is 0. The van der Waals surface area contributed by atoms with Gasteiger partial charge in [0.1, 0.15) is 0 Å². The van der Waals surface area contributed by atoms with Crippen molar-refractivity contribution in [1.82, 2.24) is 0 Å². The Balaban J connectivity index is 1.85. The first-order valence-electron chi connectivity index (χ1n) is 8.36. The summed E-state index contributed by atoms with van der Waals surface area (Å²) in [5.41, 5.74) is 5.09. The van der Waals surface area contributed by atoms with Crippen molar-refractivity contribution in [3.8, 4) is 0 Å². The highest BCUT2D eigenvalue weighted by atomic mass is 32.2. The predicted molar refractivity (Wildman–Crippen MR) is 105 cm³/mol. The Labute approximate surface area is 152 Å². The Morgan fingerprint density at radius 2 is 1.52 bits per heavy atom. The highest BCUT2D eigenvalue weighted by Crippen LogP contribution is 2.48. The van der Waals surface area contributed by atoms with Gasteiger partial charge in [-0.2, -0.15) is 0 Å². The SMILES string of the molecule is Cc1ccc(/C=C2\C(=O)c3ccccc3SC2c2ccccc2)cc1. The van der Waals surface area contributed by atoms with Crippen molar-refractivity contribution in [1.29, 1.82) is 0 Å². The van der Waals surface area contributed by atoms with Gasteiger partial charge in [-0.25, -0.2) is 0 Å². The summed E-state index contributed by atoms with van der Waals surface area (Å²) in [6.07, 6.45) is 2.04. The summed E-state index contributed by atoms with van der Waals surface area (Å²) in [6.45, 7) is 2.07. The van der Waals surface area contributed by atoms with Gasteiger partial charge in [0.15, 0.2) is 5.78 Å². The van der Waals surface area contributed by atoms with E-state index in [-0.39, 0.29) is 11.0 Å². The van der Waals surface area contributed by atoms with Crippen molar-refractivity contribution in [3.05, 3.63) is 107 Å². The molecule has 0 bridgehead atoms. The first-order chi connectivity index (χ1) is 12.2. The van der Waals surface area contributed by atoms with Gasteiger partial charge < -0.3 is 0 Å². The fourth-order valence-corrected chi connectivity index (χ4v) is 4.37. The minimum atomic E-state index is 0.0184. The Morgan fingerprint density at radius 1 is 0.840 bits per heavy atom. The Morgan fingerprint density at radius 3 is 2.28 bits per heavy atom. The smallest absolute Gasteiger partial charge is 0.191 e. The molecule has 25 heavy (non-hydrogen) atoms. The molecular weight excluding hydrogens is 324 g/mol. The molecule has 1 nitrogen and oxygen atoms in total. The van der Waals surface area contributed by atoms with E-state index in [2.05, 4.69) is 43.3 Å². The average molecular weight is 342 g/mol. The summed E-state index contributed by atoms with van der Waals surface area (Å²) in [5.74, 6) is 0.128. The second-order valence-electron chi connectivity index (χ2n) is 6.24. The van der Waals surface area contributed by atoms with Crippen molar-refractivity contribution in [2.75, 3.05) is 0 Å². The van der Waals surface area contributed by atoms with E-state index in [1.165, 1.54) is 5.56 Å². The molecule has 3 aromatic rings. The molecule has 1 aliphatic heterocycles. The van der Waals surface area contributed by atoms with Gasteiger partial charge in [-0.1, -0.05) is 72.3 Å². The first-order valence-corrected chi connectivity index (χ1v) is 9.24. The molecule has 0 fully saturated rings. The first kappa shape index (κ1) is 15.9. The maximum absolute atomic E-state index is 13.2. The topological polar surface area (TPSA) is 17.1 Å². The van der Waals surface area contributed by atoms with E-state index in [1.807, 2.05) is 48.5 Å². The van der Waals surface area contributed by atoms with Crippen LogP contribution in [0.4, 0.5) is 0 Å². The van der Waals surface area contributed by atoms with Crippen LogP contribution in [0.5, 0.6) is 0 Å². The normalized spacial score (nSPS) is 18.2. The van der Waals surface area contributed by atoms with Crippen molar-refractivity contribution in [3.63, 3.8) is 0 Å². The fraction of sp³-hybridized carbons (Fsp3) is 0.0870. The molecule has 0 aromatic heterocycles. The van der Waals surface area contributed by atoms with Crippen molar-refractivity contribution in [2.45, 2.75) is 17.1 Å². The van der Waals surface area contributed by atoms with Gasteiger partial charge in [-0.15, -0.1) is 11.8 Å². The minimum Gasteiger partial charge on any atom is -0.289 e. The molecule has 122 valence electrons. The average Bonchev–Trinajstić information content (AvgIpc) is 2.66. The van der Waals surface area contributed by atoms with Crippen LogP contribution >= 0.6 is 11.8 Å². The monoisotopic (exact) mass is 342 g/mol. The summed E-state index contributed by atoms with van der Waals surface area (Å²) in [5, 5.41) is 0.0184. The molecule has 0 saturated heterocycles. The number of hydrogen-bond donors (Lipinski definition) is 0. The number of aryl methyl sites for hydroxylation is 1. The molecule has 4 rings (SSSR count). The van der Waals surface area contributed by atoms with E-state index in [1.54, 1.807) is 11.8 Å². The van der Waals surface area contributed by atoms with Gasteiger partial charge in [0, 0.05) is 16.0 Å². The van der Waals surface area contributed by atoms with E-state index in [9.17, 15) is 4.79 Å². The van der Waals surface area contributed by atoms with Crippen LogP contribution in [-0.2, 0) is 0 Å². The molecular formula is C23H18OS. The lowest BCUT2D eigenvalue weighted by Gasteiger charge is -2.26. The van der Waals surface area contributed by atoms with Crippen molar-refractivity contribution < 1.29 is 4.79 Å². The third-order valence-corrected chi connectivity index (χ3v) is 5.79. The van der Waals surface area contributed by atoms with Crippen LogP contribution in [-0.4, -0.2) is 5.78 Å². The van der Waals surface area contributed by atoms with E-state index >= 15 is 0 Å². The molecule has 0 saturated carbocycles. The third kappa shape index (κ3) is 3.18.